The average Bonchev–Trinajstić information content (AvgIpc) is 3.07. The Morgan fingerprint density at radius 1 is 1.11 bits per heavy atom. The molecule has 0 saturated heterocycles. The Bertz CT molecular complexity index is 952. The van der Waals surface area contributed by atoms with Gasteiger partial charge >= 0.3 is 0 Å². The summed E-state index contributed by atoms with van der Waals surface area (Å²) >= 11 is 0. The molecule has 0 aliphatic carbocycles. The first-order valence-electron chi connectivity index (χ1n) is 9.13. The van der Waals surface area contributed by atoms with Gasteiger partial charge in [-0.2, -0.15) is 0 Å². The van der Waals surface area contributed by atoms with Crippen LogP contribution < -0.4 is 0 Å². The fourth-order valence-electron chi connectivity index (χ4n) is 3.64. The third kappa shape index (κ3) is 3.56. The Labute approximate surface area is 158 Å². The smallest absolute Gasteiger partial charge is 0.227 e. The maximum atomic E-state index is 12.7. The molecule has 2 aromatic carbocycles. The van der Waals surface area contributed by atoms with Crippen LogP contribution in [0.5, 0.6) is 5.75 Å². The molecule has 1 atom stereocenters. The molecule has 1 aliphatic heterocycles. The number of hydrogen-bond acceptors (Lipinski definition) is 4. The van der Waals surface area contributed by atoms with Gasteiger partial charge in [-0.15, -0.1) is 10.2 Å². The summed E-state index contributed by atoms with van der Waals surface area (Å²) in [4.78, 5) is 14.5. The zero-order valence-electron chi connectivity index (χ0n) is 15.2. The van der Waals surface area contributed by atoms with E-state index in [-0.39, 0.29) is 24.1 Å². The molecule has 1 aromatic heterocycles. The summed E-state index contributed by atoms with van der Waals surface area (Å²) in [6.45, 7) is 3.14. The highest BCUT2D eigenvalue weighted by atomic mass is 16.3. The van der Waals surface area contributed by atoms with Gasteiger partial charge < -0.3 is 14.6 Å². The number of nitrogens with zero attached hydrogens (tertiary/aromatic N) is 4. The van der Waals surface area contributed by atoms with Gasteiger partial charge in [0.2, 0.25) is 5.91 Å². The van der Waals surface area contributed by atoms with Crippen molar-refractivity contribution in [2.75, 3.05) is 6.54 Å². The third-order valence-corrected chi connectivity index (χ3v) is 4.99. The van der Waals surface area contributed by atoms with Gasteiger partial charge in [0, 0.05) is 18.5 Å². The van der Waals surface area contributed by atoms with Crippen molar-refractivity contribution in [3.8, 4) is 5.75 Å². The SMILES string of the molecule is C[C@H]1CN(C(=O)Cc2ccccc2O)Cc2nnc(Cc3ccccc3)n21. The van der Waals surface area contributed by atoms with Crippen molar-refractivity contribution in [2.24, 2.45) is 0 Å². The second kappa shape index (κ2) is 7.23. The van der Waals surface area contributed by atoms with E-state index in [1.165, 1.54) is 5.56 Å². The minimum absolute atomic E-state index is 0.0118. The number of fused-ring (bicyclic) bond motifs is 1. The first kappa shape index (κ1) is 17.3. The molecule has 1 amide bonds. The van der Waals surface area contributed by atoms with Crippen LogP contribution in [0, 0.1) is 0 Å². The predicted molar refractivity (Wildman–Crippen MR) is 101 cm³/mol. The molecule has 3 aromatic rings. The van der Waals surface area contributed by atoms with Crippen molar-refractivity contribution in [1.82, 2.24) is 19.7 Å². The maximum Gasteiger partial charge on any atom is 0.227 e. The lowest BCUT2D eigenvalue weighted by Gasteiger charge is -2.32. The molecule has 4 rings (SSSR count). The number of aromatic hydroxyl groups is 1. The molecule has 0 bridgehead atoms. The molecule has 1 N–H and O–H groups in total. The maximum absolute atomic E-state index is 12.7. The fraction of sp³-hybridized carbons (Fsp3) is 0.286. The van der Waals surface area contributed by atoms with E-state index in [9.17, 15) is 9.90 Å². The first-order chi connectivity index (χ1) is 13.1. The van der Waals surface area contributed by atoms with E-state index < -0.39 is 0 Å². The Morgan fingerprint density at radius 2 is 1.85 bits per heavy atom. The summed E-state index contributed by atoms with van der Waals surface area (Å²) < 4.78 is 2.15. The molecule has 0 fully saturated rings. The average molecular weight is 362 g/mol. The van der Waals surface area contributed by atoms with Gasteiger partial charge in [0.1, 0.15) is 11.6 Å². The molecule has 6 nitrogen and oxygen atoms in total. The first-order valence-corrected chi connectivity index (χ1v) is 9.13. The molecule has 138 valence electrons. The number of benzene rings is 2. The molecular weight excluding hydrogens is 340 g/mol. The summed E-state index contributed by atoms with van der Waals surface area (Å²) in [5.41, 5.74) is 1.84. The monoisotopic (exact) mass is 362 g/mol. The van der Waals surface area contributed by atoms with Gasteiger partial charge in [0.05, 0.1) is 19.0 Å². The molecule has 0 unspecified atom stereocenters. The molecular formula is C21H22N4O2. The highest BCUT2D eigenvalue weighted by Gasteiger charge is 2.29. The molecule has 1 aliphatic rings. The summed E-state index contributed by atoms with van der Waals surface area (Å²) in [6, 6.07) is 17.3. The lowest BCUT2D eigenvalue weighted by atomic mass is 10.1. The Balaban J connectivity index is 1.50. The number of hydrogen-bond donors (Lipinski definition) is 1. The Morgan fingerprint density at radius 3 is 2.63 bits per heavy atom. The second-order valence-corrected chi connectivity index (χ2v) is 6.99. The van der Waals surface area contributed by atoms with Crippen molar-refractivity contribution in [3.05, 3.63) is 77.4 Å². The van der Waals surface area contributed by atoms with Gasteiger partial charge in [-0.05, 0) is 18.6 Å². The number of carbonyl (C=O) groups is 1. The number of phenols is 1. The summed E-state index contributed by atoms with van der Waals surface area (Å²) in [6.07, 6.45) is 0.911. The van der Waals surface area contributed by atoms with E-state index in [0.29, 0.717) is 18.7 Å². The third-order valence-electron chi connectivity index (χ3n) is 4.99. The normalized spacial score (nSPS) is 16.2. The van der Waals surface area contributed by atoms with Gasteiger partial charge in [-0.25, -0.2) is 0 Å². The highest BCUT2D eigenvalue weighted by molar-refractivity contribution is 5.79. The van der Waals surface area contributed by atoms with Gasteiger partial charge in [-0.3, -0.25) is 4.79 Å². The number of carbonyl (C=O) groups excluding carboxylic acids is 1. The van der Waals surface area contributed by atoms with Crippen LogP contribution in [0.1, 0.15) is 35.7 Å². The Kier molecular flexibility index (Phi) is 4.62. The molecule has 0 spiro atoms. The fourth-order valence-corrected chi connectivity index (χ4v) is 3.64. The van der Waals surface area contributed by atoms with E-state index in [4.69, 9.17) is 0 Å². The number of phenolic OH excluding ortho intramolecular Hbond substituents is 1. The van der Waals surface area contributed by atoms with Crippen LogP contribution in [0.4, 0.5) is 0 Å². The van der Waals surface area contributed by atoms with E-state index in [1.807, 2.05) is 24.3 Å². The number of aromatic nitrogens is 3. The lowest BCUT2D eigenvalue weighted by molar-refractivity contribution is -0.132. The van der Waals surface area contributed by atoms with Crippen molar-refractivity contribution in [1.29, 1.82) is 0 Å². The van der Waals surface area contributed by atoms with Gasteiger partial charge in [0.15, 0.2) is 5.82 Å². The van der Waals surface area contributed by atoms with Crippen LogP contribution in [0.2, 0.25) is 0 Å². The van der Waals surface area contributed by atoms with Crippen LogP contribution in [0.3, 0.4) is 0 Å². The number of rotatable bonds is 4. The van der Waals surface area contributed by atoms with E-state index in [1.54, 1.807) is 23.1 Å². The minimum Gasteiger partial charge on any atom is -0.508 e. The summed E-state index contributed by atoms with van der Waals surface area (Å²) in [7, 11) is 0. The van der Waals surface area contributed by atoms with Gasteiger partial charge in [0.25, 0.3) is 0 Å². The summed E-state index contributed by atoms with van der Waals surface area (Å²) in [5, 5.41) is 18.6. The quantitative estimate of drug-likeness (QED) is 0.775. The van der Waals surface area contributed by atoms with Crippen LogP contribution in [-0.2, 0) is 24.2 Å². The second-order valence-electron chi connectivity index (χ2n) is 6.99. The predicted octanol–water partition coefficient (Wildman–Crippen LogP) is 2.72. The zero-order valence-corrected chi connectivity index (χ0v) is 15.2. The lowest BCUT2D eigenvalue weighted by Crippen LogP contribution is -2.41. The number of amides is 1. The molecule has 27 heavy (non-hydrogen) atoms. The molecule has 6 heteroatoms. The Hall–Kier alpha value is -3.15. The highest BCUT2D eigenvalue weighted by Crippen LogP contribution is 2.24. The van der Waals surface area contributed by atoms with E-state index >= 15 is 0 Å². The molecule has 2 heterocycles. The summed E-state index contributed by atoms with van der Waals surface area (Å²) in [5.74, 6) is 1.88. The van der Waals surface area contributed by atoms with Crippen molar-refractivity contribution < 1.29 is 9.90 Å². The van der Waals surface area contributed by atoms with Crippen LogP contribution in [0.15, 0.2) is 54.6 Å². The minimum atomic E-state index is -0.0118. The van der Waals surface area contributed by atoms with Crippen LogP contribution >= 0.6 is 0 Å². The largest absolute Gasteiger partial charge is 0.508 e. The van der Waals surface area contributed by atoms with E-state index in [2.05, 4.69) is 33.8 Å². The molecule has 0 radical (unpaired) electrons. The van der Waals surface area contributed by atoms with E-state index in [0.717, 1.165) is 18.1 Å². The zero-order chi connectivity index (χ0) is 18.8. The van der Waals surface area contributed by atoms with Crippen molar-refractivity contribution in [3.63, 3.8) is 0 Å². The van der Waals surface area contributed by atoms with Gasteiger partial charge in [-0.1, -0.05) is 48.5 Å². The van der Waals surface area contributed by atoms with Crippen LogP contribution in [-0.4, -0.2) is 37.2 Å². The number of para-hydroxylation sites is 1. The molecule has 0 saturated carbocycles. The standard InChI is InChI=1S/C21H22N4O2/c1-15-13-24(21(27)12-17-9-5-6-10-18(17)26)14-20-23-22-19(25(15)20)11-16-7-3-2-4-8-16/h2-10,15,26H,11-14H2,1H3/t15-/m0/s1. The van der Waals surface area contributed by atoms with Crippen LogP contribution in [0.25, 0.3) is 0 Å². The topological polar surface area (TPSA) is 71.2 Å². The van der Waals surface area contributed by atoms with Crippen molar-refractivity contribution in [2.45, 2.75) is 32.4 Å². The van der Waals surface area contributed by atoms with Crippen molar-refractivity contribution >= 4 is 5.91 Å².